The molecule has 0 spiro atoms. The predicted molar refractivity (Wildman–Crippen MR) is 135 cm³/mol. The molecule has 0 aliphatic rings. The second-order valence-corrected chi connectivity index (χ2v) is 6.74. The topological polar surface area (TPSA) is 131 Å². The zero-order valence-corrected chi connectivity index (χ0v) is 29.9. The minimum Gasteiger partial charge on any atom is -1.00 e. The molecule has 9 nitrogen and oxygen atoms in total. The summed E-state index contributed by atoms with van der Waals surface area (Å²) in [7, 11) is 2.67. The third-order valence-electron chi connectivity index (χ3n) is 3.90. The van der Waals surface area contributed by atoms with Gasteiger partial charge in [0, 0.05) is 16.5 Å². The number of hydrogen-bond acceptors (Lipinski definition) is 9. The van der Waals surface area contributed by atoms with Crippen LogP contribution >= 0.6 is 15.9 Å². The van der Waals surface area contributed by atoms with Crippen LogP contribution in [0, 0.1) is 13.8 Å². The Labute approximate surface area is 313 Å². The van der Waals surface area contributed by atoms with Crippen LogP contribution in [0.5, 0.6) is 11.5 Å². The van der Waals surface area contributed by atoms with Crippen LogP contribution in [0.1, 0.15) is 33.3 Å². The molecule has 0 amide bonds. The molecule has 0 aromatic heterocycles. The molecule has 0 heterocycles. The molecular weight excluding hydrogens is 602 g/mol. The molecule has 0 radical (unpaired) electrons. The summed E-state index contributed by atoms with van der Waals surface area (Å²) in [5.74, 6) is 0.00986. The van der Waals surface area contributed by atoms with Crippen molar-refractivity contribution in [3.05, 3.63) is 84.0 Å². The van der Waals surface area contributed by atoms with Gasteiger partial charge in [-0.25, -0.2) is 9.59 Å². The van der Waals surface area contributed by atoms with Gasteiger partial charge < -0.3 is 30.9 Å². The van der Waals surface area contributed by atoms with Gasteiger partial charge in [0.1, 0.15) is 18.1 Å². The van der Waals surface area contributed by atoms with Crippen LogP contribution in [0.4, 0.5) is 0 Å². The molecule has 0 aliphatic heterocycles. The number of methoxy groups -OCH3 is 2. The van der Waals surface area contributed by atoms with Gasteiger partial charge in [0.2, 0.25) is 0 Å². The molecule has 2 aromatic rings. The predicted octanol–water partition coefficient (Wildman–Crippen LogP) is -2.04. The SMILES string of the molecule is C=CCBr.C=CCOc1cccc(C(=O)OC)c1C.COC(=O)c1cccc(O)c1C.O=CO[O-].[H-].[K+].[K+]. The van der Waals surface area contributed by atoms with E-state index < -0.39 is 5.97 Å². The third-order valence-corrected chi connectivity index (χ3v) is 4.36. The average Bonchev–Trinajstić information content (AvgIpc) is 2.89. The summed E-state index contributed by atoms with van der Waals surface area (Å²) < 4.78 is 14.6. The molecular formula is C25H31BrK2O9. The molecule has 0 saturated heterocycles. The number of halogens is 1. The Morgan fingerprint density at radius 3 is 1.78 bits per heavy atom. The quantitative estimate of drug-likeness (QED) is 0.0697. The molecule has 194 valence electrons. The van der Waals surface area contributed by atoms with Gasteiger partial charge in [0.15, 0.2) is 0 Å². The number of aromatic hydroxyl groups is 1. The van der Waals surface area contributed by atoms with Gasteiger partial charge in [0.25, 0.3) is 6.47 Å². The minimum absolute atomic E-state index is 0. The van der Waals surface area contributed by atoms with E-state index in [4.69, 9.17) is 14.8 Å². The zero-order valence-electron chi connectivity index (χ0n) is 23.1. The minimum atomic E-state index is -0.427. The maximum absolute atomic E-state index is 11.4. The van der Waals surface area contributed by atoms with Crippen LogP contribution in [0.25, 0.3) is 0 Å². The number of hydrogen-bond donors (Lipinski definition) is 1. The number of ether oxygens (including phenoxy) is 3. The summed E-state index contributed by atoms with van der Waals surface area (Å²) in [6, 6.07) is 10.0. The van der Waals surface area contributed by atoms with E-state index in [1.165, 1.54) is 20.3 Å². The fourth-order valence-corrected chi connectivity index (χ4v) is 2.21. The van der Waals surface area contributed by atoms with Crippen LogP contribution in [-0.4, -0.2) is 49.7 Å². The van der Waals surface area contributed by atoms with Crippen LogP contribution in [0.15, 0.2) is 61.7 Å². The Hall–Kier alpha value is -0.357. The van der Waals surface area contributed by atoms with Crippen LogP contribution in [0.3, 0.4) is 0 Å². The molecule has 37 heavy (non-hydrogen) atoms. The first-order chi connectivity index (χ1) is 16.7. The summed E-state index contributed by atoms with van der Waals surface area (Å²) in [6.07, 6.45) is 3.45. The first-order valence-electron chi connectivity index (χ1n) is 9.88. The fraction of sp³-hybridized carbons (Fsp3) is 0.240. The van der Waals surface area contributed by atoms with Crippen molar-refractivity contribution >= 4 is 34.3 Å². The Morgan fingerprint density at radius 1 is 0.973 bits per heavy atom. The standard InChI is InChI=1S/C12H14O3.C9H10O3.C3H5Br.CH2O3.2K.H/c1-4-8-15-11-7-5-6-10(9(11)2)12(13)14-3;1-6-7(9(11)12-2)4-3-5-8(6)10;1-2-3-4;2-1-4-3;;;/h4-7H,1,8H2,2-3H3;3-5,10H,1-2H3;2H,1,3H2;1,3H;;;/q;;;;2*+1;-1/p-1. The summed E-state index contributed by atoms with van der Waals surface area (Å²) in [6.45, 7) is 10.7. The number of phenols is 1. The van der Waals surface area contributed by atoms with Crippen molar-refractivity contribution in [3.63, 3.8) is 0 Å². The van der Waals surface area contributed by atoms with Gasteiger partial charge in [-0.3, -0.25) is 4.79 Å². The average molecular weight is 634 g/mol. The van der Waals surface area contributed by atoms with Gasteiger partial charge in [0.05, 0.1) is 25.3 Å². The third kappa shape index (κ3) is 19.4. The van der Waals surface area contributed by atoms with Gasteiger partial charge in [-0.1, -0.05) is 46.8 Å². The van der Waals surface area contributed by atoms with E-state index >= 15 is 0 Å². The van der Waals surface area contributed by atoms with Crippen molar-refractivity contribution in [1.82, 2.24) is 0 Å². The Kier molecular flexibility index (Phi) is 33.8. The van der Waals surface area contributed by atoms with E-state index in [-0.39, 0.29) is 122 Å². The molecule has 0 unspecified atom stereocenters. The van der Waals surface area contributed by atoms with E-state index in [2.05, 4.69) is 43.4 Å². The molecule has 2 rings (SSSR count). The Bertz CT molecular complexity index is 952. The molecule has 0 atom stereocenters. The van der Waals surface area contributed by atoms with E-state index in [9.17, 15) is 14.7 Å². The number of allylic oxidation sites excluding steroid dienone is 1. The van der Waals surface area contributed by atoms with Crippen LogP contribution < -0.4 is 113 Å². The normalized spacial score (nSPS) is 8.16. The summed E-state index contributed by atoms with van der Waals surface area (Å²) >= 11 is 3.13. The van der Waals surface area contributed by atoms with Crippen molar-refractivity contribution in [2.24, 2.45) is 0 Å². The van der Waals surface area contributed by atoms with E-state index in [0.717, 1.165) is 10.9 Å². The zero-order chi connectivity index (χ0) is 27.2. The van der Waals surface area contributed by atoms with Crippen molar-refractivity contribution in [2.75, 3.05) is 26.2 Å². The second-order valence-electron chi connectivity index (χ2n) is 6.10. The molecule has 12 heteroatoms. The number of carbonyl (C=O) groups is 3. The maximum Gasteiger partial charge on any atom is 1.00 e. The number of phenolic OH excluding ortho intramolecular Hbond substituents is 1. The van der Waals surface area contributed by atoms with E-state index in [1.807, 2.05) is 13.0 Å². The largest absolute Gasteiger partial charge is 1.00 e. The molecule has 0 aliphatic carbocycles. The van der Waals surface area contributed by atoms with Crippen molar-refractivity contribution in [2.45, 2.75) is 13.8 Å². The smallest absolute Gasteiger partial charge is 1.00 e. The van der Waals surface area contributed by atoms with Crippen LogP contribution in [-0.2, 0) is 19.2 Å². The van der Waals surface area contributed by atoms with E-state index in [0.29, 0.717) is 29.0 Å². The fourth-order valence-electron chi connectivity index (χ4n) is 2.21. The van der Waals surface area contributed by atoms with Crippen molar-refractivity contribution in [3.8, 4) is 11.5 Å². The number of alkyl halides is 1. The summed E-state index contributed by atoms with van der Waals surface area (Å²) in [4.78, 5) is 33.7. The van der Waals surface area contributed by atoms with Crippen molar-refractivity contribution < 1.29 is 148 Å². The van der Waals surface area contributed by atoms with Gasteiger partial charge in [-0.05, 0) is 38.1 Å². The molecule has 0 bridgehead atoms. The van der Waals surface area contributed by atoms with Crippen molar-refractivity contribution in [1.29, 1.82) is 0 Å². The number of benzene rings is 2. The van der Waals surface area contributed by atoms with Crippen LogP contribution in [0.2, 0.25) is 0 Å². The summed E-state index contributed by atoms with van der Waals surface area (Å²) in [5, 5.41) is 18.6. The molecule has 2 aromatic carbocycles. The first kappa shape index (κ1) is 43.7. The maximum atomic E-state index is 11.4. The number of carbonyl (C=O) groups excluding carboxylic acids is 3. The van der Waals surface area contributed by atoms with Gasteiger partial charge in [-0.2, -0.15) is 0 Å². The Morgan fingerprint density at radius 2 is 1.41 bits per heavy atom. The van der Waals surface area contributed by atoms with Gasteiger partial charge in [-0.15, -0.1) is 6.58 Å². The number of rotatable bonds is 7. The van der Waals surface area contributed by atoms with E-state index in [1.54, 1.807) is 43.3 Å². The Balaban J connectivity index is -0.000000142. The number of esters is 2. The summed E-state index contributed by atoms with van der Waals surface area (Å²) in [5.41, 5.74) is 2.26. The molecule has 0 saturated carbocycles. The van der Waals surface area contributed by atoms with Gasteiger partial charge >= 0.3 is 115 Å². The monoisotopic (exact) mass is 632 g/mol. The molecule has 1 N–H and O–H groups in total. The molecule has 0 fully saturated rings. The second kappa shape index (κ2) is 28.6. The first-order valence-corrected chi connectivity index (χ1v) is 11.0.